The van der Waals surface area contributed by atoms with Crippen molar-refractivity contribution in [2.45, 2.75) is 83.2 Å². The highest BCUT2D eigenvalue weighted by molar-refractivity contribution is 8.00. The molecular weight excluding hydrogens is 392 g/mol. The minimum atomic E-state index is -0.106. The molecule has 2 aromatic heterocycles. The van der Waals surface area contributed by atoms with E-state index in [9.17, 15) is 0 Å². The van der Waals surface area contributed by atoms with Crippen molar-refractivity contribution in [1.82, 2.24) is 9.97 Å². The van der Waals surface area contributed by atoms with Gasteiger partial charge in [0.05, 0.1) is 12.2 Å². The fourth-order valence-electron chi connectivity index (χ4n) is 3.04. The summed E-state index contributed by atoms with van der Waals surface area (Å²) in [7, 11) is 0. The molecule has 150 valence electrons. The van der Waals surface area contributed by atoms with Crippen LogP contribution in [0.3, 0.4) is 0 Å². The van der Waals surface area contributed by atoms with Crippen LogP contribution in [0.5, 0.6) is 0 Å². The summed E-state index contributed by atoms with van der Waals surface area (Å²) in [6.07, 6.45) is 3.36. The van der Waals surface area contributed by atoms with Crippen molar-refractivity contribution < 1.29 is 4.74 Å². The summed E-state index contributed by atoms with van der Waals surface area (Å²) in [5.74, 6) is 3.64. The van der Waals surface area contributed by atoms with E-state index < -0.39 is 0 Å². The first-order valence-electron chi connectivity index (χ1n) is 9.97. The zero-order chi connectivity index (χ0) is 19.6. The van der Waals surface area contributed by atoms with Gasteiger partial charge in [0.25, 0.3) is 0 Å². The lowest BCUT2D eigenvalue weighted by molar-refractivity contribution is -0.0379. The number of rotatable bonds is 8. The molecule has 0 aromatic carbocycles. The summed E-state index contributed by atoms with van der Waals surface area (Å²) >= 11 is 5.52. The molecule has 0 bridgehead atoms. The van der Waals surface area contributed by atoms with Crippen LogP contribution in [0, 0.1) is 11.8 Å². The maximum Gasteiger partial charge on any atom is 0.190 e. The summed E-state index contributed by atoms with van der Waals surface area (Å²) in [6, 6.07) is 0. The third-order valence-electron chi connectivity index (χ3n) is 4.74. The van der Waals surface area contributed by atoms with Crippen LogP contribution < -0.4 is 0 Å². The SMILES string of the molecule is CC(C)CCSc1nc(SCCC(C)C)c2c3c(sc2n1)COC(C)(C)C3. The molecule has 3 nitrogen and oxygen atoms in total. The van der Waals surface area contributed by atoms with Crippen LogP contribution in [0.2, 0.25) is 0 Å². The first-order valence-corrected chi connectivity index (χ1v) is 12.8. The van der Waals surface area contributed by atoms with Crippen molar-refractivity contribution in [3.05, 3.63) is 10.4 Å². The molecule has 3 heterocycles. The van der Waals surface area contributed by atoms with Crippen LogP contribution in [0.1, 0.15) is 64.8 Å². The molecule has 0 unspecified atom stereocenters. The monoisotopic (exact) mass is 424 g/mol. The minimum Gasteiger partial charge on any atom is -0.370 e. The Kier molecular flexibility index (Phi) is 7.15. The van der Waals surface area contributed by atoms with Gasteiger partial charge in [0.2, 0.25) is 0 Å². The Morgan fingerprint density at radius 1 is 1.04 bits per heavy atom. The summed E-state index contributed by atoms with van der Waals surface area (Å²) in [6.45, 7) is 14.2. The molecule has 0 saturated carbocycles. The van der Waals surface area contributed by atoms with E-state index in [1.54, 1.807) is 23.1 Å². The van der Waals surface area contributed by atoms with Gasteiger partial charge >= 0.3 is 0 Å². The zero-order valence-electron chi connectivity index (χ0n) is 17.4. The van der Waals surface area contributed by atoms with Gasteiger partial charge in [-0.3, -0.25) is 0 Å². The van der Waals surface area contributed by atoms with Gasteiger partial charge < -0.3 is 4.74 Å². The fourth-order valence-corrected chi connectivity index (χ4v) is 6.70. The number of hydrogen-bond acceptors (Lipinski definition) is 6. The average molecular weight is 425 g/mol. The molecule has 0 amide bonds. The Labute approximate surface area is 176 Å². The molecule has 0 spiro atoms. The van der Waals surface area contributed by atoms with Gasteiger partial charge in [-0.15, -0.1) is 23.1 Å². The van der Waals surface area contributed by atoms with E-state index in [0.29, 0.717) is 6.61 Å². The Balaban J connectivity index is 1.93. The standard InChI is InChI=1S/C21H32N2OS3/c1-13(2)7-9-25-18-17-15-11-21(5,6)24-12-16(15)27-19(17)23-20(22-18)26-10-8-14(3)4/h13-14H,7-12H2,1-6H3. The van der Waals surface area contributed by atoms with Crippen LogP contribution >= 0.6 is 34.9 Å². The number of hydrogen-bond donors (Lipinski definition) is 0. The molecule has 6 heteroatoms. The third-order valence-corrected chi connectivity index (χ3v) is 7.73. The molecule has 27 heavy (non-hydrogen) atoms. The highest BCUT2D eigenvalue weighted by Crippen LogP contribution is 2.42. The van der Waals surface area contributed by atoms with Gasteiger partial charge in [-0.25, -0.2) is 9.97 Å². The predicted molar refractivity (Wildman–Crippen MR) is 120 cm³/mol. The molecular formula is C21H32N2OS3. The van der Waals surface area contributed by atoms with E-state index in [1.807, 2.05) is 11.8 Å². The van der Waals surface area contributed by atoms with E-state index in [0.717, 1.165) is 39.7 Å². The second-order valence-corrected chi connectivity index (χ2v) is 12.0. The van der Waals surface area contributed by atoms with Crippen molar-refractivity contribution in [1.29, 1.82) is 0 Å². The fraction of sp³-hybridized carbons (Fsp3) is 0.714. The molecule has 2 aromatic rings. The summed E-state index contributed by atoms with van der Waals surface area (Å²) in [4.78, 5) is 12.4. The van der Waals surface area contributed by atoms with Crippen molar-refractivity contribution in [2.24, 2.45) is 11.8 Å². The van der Waals surface area contributed by atoms with Crippen molar-refractivity contribution in [2.75, 3.05) is 11.5 Å². The lowest BCUT2D eigenvalue weighted by Crippen LogP contribution is -2.31. The number of thiophene rings is 1. The topological polar surface area (TPSA) is 35.0 Å². The molecule has 1 aliphatic rings. The summed E-state index contributed by atoms with van der Waals surface area (Å²) in [5.41, 5.74) is 1.32. The first-order chi connectivity index (χ1) is 12.7. The highest BCUT2D eigenvalue weighted by atomic mass is 32.2. The lowest BCUT2D eigenvalue weighted by Gasteiger charge is -2.30. The molecule has 0 atom stereocenters. The van der Waals surface area contributed by atoms with Gasteiger partial charge in [0, 0.05) is 22.4 Å². The van der Waals surface area contributed by atoms with Crippen LogP contribution in [-0.2, 0) is 17.8 Å². The van der Waals surface area contributed by atoms with Crippen LogP contribution in [0.25, 0.3) is 10.2 Å². The first kappa shape index (κ1) is 21.4. The smallest absolute Gasteiger partial charge is 0.190 e. The maximum atomic E-state index is 6.05. The molecule has 0 saturated heterocycles. The van der Waals surface area contributed by atoms with E-state index in [-0.39, 0.29) is 5.60 Å². The minimum absolute atomic E-state index is 0.106. The Morgan fingerprint density at radius 2 is 1.70 bits per heavy atom. The molecule has 0 fully saturated rings. The largest absolute Gasteiger partial charge is 0.370 e. The van der Waals surface area contributed by atoms with Gasteiger partial charge in [0.15, 0.2) is 5.16 Å². The number of nitrogens with zero attached hydrogens (tertiary/aromatic N) is 2. The normalized spacial score (nSPS) is 16.4. The van der Waals surface area contributed by atoms with Gasteiger partial charge in [0.1, 0.15) is 9.86 Å². The Morgan fingerprint density at radius 3 is 2.37 bits per heavy atom. The summed E-state index contributed by atoms with van der Waals surface area (Å²) < 4.78 is 6.05. The third kappa shape index (κ3) is 5.62. The van der Waals surface area contributed by atoms with Crippen molar-refractivity contribution in [3.8, 4) is 0 Å². The second kappa shape index (κ2) is 9.02. The maximum absolute atomic E-state index is 6.05. The highest BCUT2D eigenvalue weighted by Gasteiger charge is 2.31. The van der Waals surface area contributed by atoms with E-state index in [2.05, 4.69) is 41.5 Å². The summed E-state index contributed by atoms with van der Waals surface area (Å²) in [5, 5.41) is 3.42. The van der Waals surface area contributed by atoms with E-state index in [1.165, 1.54) is 33.7 Å². The number of ether oxygens (including phenoxy) is 1. The second-order valence-electron chi connectivity index (χ2n) is 8.78. The van der Waals surface area contributed by atoms with Crippen LogP contribution in [0.15, 0.2) is 10.2 Å². The van der Waals surface area contributed by atoms with Crippen molar-refractivity contribution >= 4 is 45.1 Å². The predicted octanol–water partition coefficient (Wildman–Crippen LogP) is 6.82. The van der Waals surface area contributed by atoms with Gasteiger partial charge in [-0.1, -0.05) is 39.5 Å². The van der Waals surface area contributed by atoms with E-state index in [4.69, 9.17) is 14.7 Å². The number of thioether (sulfide) groups is 2. The molecule has 3 rings (SSSR count). The average Bonchev–Trinajstić information content (AvgIpc) is 2.90. The van der Waals surface area contributed by atoms with Crippen molar-refractivity contribution in [3.63, 3.8) is 0 Å². The van der Waals surface area contributed by atoms with Crippen LogP contribution in [-0.4, -0.2) is 27.1 Å². The lowest BCUT2D eigenvalue weighted by atomic mass is 9.95. The molecule has 0 radical (unpaired) electrons. The number of fused-ring (bicyclic) bond motifs is 3. The van der Waals surface area contributed by atoms with Gasteiger partial charge in [-0.05, 0) is 49.8 Å². The number of aromatic nitrogens is 2. The Bertz CT molecular complexity index is 783. The quantitative estimate of drug-likeness (QED) is 0.264. The van der Waals surface area contributed by atoms with Gasteiger partial charge in [-0.2, -0.15) is 0 Å². The van der Waals surface area contributed by atoms with E-state index >= 15 is 0 Å². The molecule has 1 aliphatic heterocycles. The van der Waals surface area contributed by atoms with Crippen LogP contribution in [0.4, 0.5) is 0 Å². The molecule has 0 N–H and O–H groups in total. The zero-order valence-corrected chi connectivity index (χ0v) is 19.9. The molecule has 0 aliphatic carbocycles. The Hall–Kier alpha value is -0.300.